The Morgan fingerprint density at radius 2 is 1.83 bits per heavy atom. The first kappa shape index (κ1) is 19.5. The van der Waals surface area contributed by atoms with E-state index < -0.39 is 5.82 Å². The molecule has 0 saturated carbocycles. The van der Waals surface area contributed by atoms with Gasteiger partial charge in [0.1, 0.15) is 11.6 Å². The Bertz CT molecular complexity index is 1330. The molecular formula is C24H20FN3O2. The Kier molecular flexibility index (Phi) is 5.14. The Morgan fingerprint density at radius 3 is 2.63 bits per heavy atom. The van der Waals surface area contributed by atoms with Crippen molar-refractivity contribution >= 4 is 22.5 Å². The van der Waals surface area contributed by atoms with Crippen LogP contribution in [0.4, 0.5) is 10.1 Å². The molecule has 1 heterocycles. The fourth-order valence-electron chi connectivity index (χ4n) is 3.50. The first-order chi connectivity index (χ1) is 14.4. The average Bonchev–Trinajstić information content (AvgIpc) is 2.70. The highest BCUT2D eigenvalue weighted by Gasteiger charge is 2.13. The lowest BCUT2D eigenvalue weighted by Crippen LogP contribution is -2.23. The number of carbonyl (C=O) groups excluding carboxylic acids is 1. The van der Waals surface area contributed by atoms with Gasteiger partial charge in [0.25, 0.3) is 5.56 Å². The lowest BCUT2D eigenvalue weighted by molar-refractivity contribution is -0.115. The standard InChI is InChI=1S/C24H20FN3O2/c1-15-6-5-7-17(12-15)13-23(29)27-22-14-18(10-11-20(22)25)28-16(2)26-21-9-4-3-8-19(21)24(28)30/h3-12,14H,13H2,1-2H3,(H,27,29). The molecule has 0 aliphatic carbocycles. The minimum Gasteiger partial charge on any atom is -0.323 e. The topological polar surface area (TPSA) is 64.0 Å². The number of carbonyl (C=O) groups is 1. The van der Waals surface area contributed by atoms with Gasteiger partial charge in [0.05, 0.1) is 28.7 Å². The quantitative estimate of drug-likeness (QED) is 0.554. The van der Waals surface area contributed by atoms with Gasteiger partial charge >= 0.3 is 0 Å². The van der Waals surface area contributed by atoms with E-state index in [4.69, 9.17) is 0 Å². The number of halogens is 1. The van der Waals surface area contributed by atoms with Crippen molar-refractivity contribution in [1.82, 2.24) is 9.55 Å². The predicted octanol–water partition coefficient (Wildman–Crippen LogP) is 4.32. The summed E-state index contributed by atoms with van der Waals surface area (Å²) in [4.78, 5) is 29.9. The molecular weight excluding hydrogens is 381 g/mol. The highest BCUT2D eigenvalue weighted by atomic mass is 19.1. The van der Waals surface area contributed by atoms with Gasteiger partial charge in [0.2, 0.25) is 5.91 Å². The summed E-state index contributed by atoms with van der Waals surface area (Å²) in [7, 11) is 0. The number of para-hydroxylation sites is 1. The Labute approximate surface area is 172 Å². The van der Waals surface area contributed by atoms with Crippen LogP contribution in [0.5, 0.6) is 0 Å². The molecule has 0 fully saturated rings. The number of fused-ring (bicyclic) bond motifs is 1. The molecule has 6 heteroatoms. The molecule has 1 aromatic heterocycles. The Hall–Kier alpha value is -3.80. The number of hydrogen-bond acceptors (Lipinski definition) is 3. The number of amides is 1. The number of rotatable bonds is 4. The monoisotopic (exact) mass is 401 g/mol. The summed E-state index contributed by atoms with van der Waals surface area (Å²) < 4.78 is 15.8. The van der Waals surface area contributed by atoms with Gasteiger partial charge in [-0.25, -0.2) is 9.37 Å². The summed E-state index contributed by atoms with van der Waals surface area (Å²) in [6.45, 7) is 3.66. The number of hydrogen-bond donors (Lipinski definition) is 1. The van der Waals surface area contributed by atoms with Gasteiger partial charge in [0.15, 0.2) is 0 Å². The molecule has 150 valence electrons. The van der Waals surface area contributed by atoms with E-state index in [1.807, 2.05) is 37.3 Å². The minimum atomic E-state index is -0.573. The van der Waals surface area contributed by atoms with Crippen molar-refractivity contribution < 1.29 is 9.18 Å². The normalized spacial score (nSPS) is 10.9. The van der Waals surface area contributed by atoms with Crippen LogP contribution in [0.15, 0.2) is 71.5 Å². The van der Waals surface area contributed by atoms with E-state index >= 15 is 0 Å². The summed E-state index contributed by atoms with van der Waals surface area (Å²) in [6, 6.07) is 18.8. The van der Waals surface area contributed by atoms with Crippen LogP contribution in [0.25, 0.3) is 16.6 Å². The number of aryl methyl sites for hydroxylation is 2. The molecule has 0 spiro atoms. The first-order valence-electron chi connectivity index (χ1n) is 9.56. The highest BCUT2D eigenvalue weighted by molar-refractivity contribution is 5.92. The molecule has 1 amide bonds. The fraction of sp³-hybridized carbons (Fsp3) is 0.125. The average molecular weight is 401 g/mol. The van der Waals surface area contributed by atoms with E-state index in [0.717, 1.165) is 11.1 Å². The smallest absolute Gasteiger partial charge is 0.265 e. The molecule has 5 nitrogen and oxygen atoms in total. The summed E-state index contributed by atoms with van der Waals surface area (Å²) >= 11 is 0. The van der Waals surface area contributed by atoms with Gasteiger partial charge < -0.3 is 5.32 Å². The molecule has 30 heavy (non-hydrogen) atoms. The van der Waals surface area contributed by atoms with Crippen molar-refractivity contribution in [3.63, 3.8) is 0 Å². The van der Waals surface area contributed by atoms with Crippen LogP contribution in [-0.2, 0) is 11.2 Å². The molecule has 1 N–H and O–H groups in total. The molecule has 3 aromatic carbocycles. The largest absolute Gasteiger partial charge is 0.323 e. The Balaban J connectivity index is 1.68. The maximum Gasteiger partial charge on any atom is 0.265 e. The fourth-order valence-corrected chi connectivity index (χ4v) is 3.50. The second-order valence-electron chi connectivity index (χ2n) is 7.19. The maximum absolute atomic E-state index is 14.4. The van der Waals surface area contributed by atoms with Crippen molar-refractivity contribution in [3.8, 4) is 5.69 Å². The second-order valence-corrected chi connectivity index (χ2v) is 7.19. The molecule has 0 bridgehead atoms. The van der Waals surface area contributed by atoms with Gasteiger partial charge in [-0.2, -0.15) is 0 Å². The number of anilines is 1. The van der Waals surface area contributed by atoms with Gasteiger partial charge in [-0.05, 0) is 49.7 Å². The van der Waals surface area contributed by atoms with Crippen molar-refractivity contribution in [2.45, 2.75) is 20.3 Å². The van der Waals surface area contributed by atoms with Crippen LogP contribution in [0, 0.1) is 19.7 Å². The van der Waals surface area contributed by atoms with Crippen LogP contribution in [0.2, 0.25) is 0 Å². The van der Waals surface area contributed by atoms with Gasteiger partial charge in [0, 0.05) is 0 Å². The molecule has 0 atom stereocenters. The first-order valence-corrected chi connectivity index (χ1v) is 9.56. The van der Waals surface area contributed by atoms with Crippen LogP contribution in [-0.4, -0.2) is 15.5 Å². The third kappa shape index (κ3) is 3.85. The van der Waals surface area contributed by atoms with Gasteiger partial charge in [-0.1, -0.05) is 42.0 Å². The van der Waals surface area contributed by atoms with Crippen LogP contribution in [0.1, 0.15) is 17.0 Å². The second kappa shape index (κ2) is 7.91. The number of benzene rings is 3. The molecule has 0 unspecified atom stereocenters. The molecule has 0 aliphatic heterocycles. The Morgan fingerprint density at radius 1 is 1.03 bits per heavy atom. The molecule has 0 aliphatic rings. The van der Waals surface area contributed by atoms with E-state index in [1.54, 1.807) is 25.1 Å². The third-order valence-corrected chi connectivity index (χ3v) is 4.87. The number of aromatic nitrogens is 2. The van der Waals surface area contributed by atoms with Crippen LogP contribution in [0.3, 0.4) is 0 Å². The summed E-state index contributed by atoms with van der Waals surface area (Å²) in [5.74, 6) is -0.435. The van der Waals surface area contributed by atoms with E-state index in [-0.39, 0.29) is 23.6 Å². The lowest BCUT2D eigenvalue weighted by atomic mass is 10.1. The van der Waals surface area contributed by atoms with Crippen molar-refractivity contribution in [2.75, 3.05) is 5.32 Å². The molecule has 4 aromatic rings. The number of nitrogens with one attached hydrogen (secondary N) is 1. The molecule has 4 rings (SSSR count). The van der Waals surface area contributed by atoms with E-state index in [2.05, 4.69) is 10.3 Å². The van der Waals surface area contributed by atoms with E-state index in [0.29, 0.717) is 22.4 Å². The zero-order valence-corrected chi connectivity index (χ0v) is 16.6. The van der Waals surface area contributed by atoms with Crippen LogP contribution >= 0.6 is 0 Å². The molecule has 0 saturated heterocycles. The zero-order valence-electron chi connectivity index (χ0n) is 16.6. The van der Waals surface area contributed by atoms with Gasteiger partial charge in [-0.15, -0.1) is 0 Å². The molecule has 0 radical (unpaired) electrons. The van der Waals surface area contributed by atoms with E-state index in [9.17, 15) is 14.0 Å². The van der Waals surface area contributed by atoms with Crippen molar-refractivity contribution in [2.24, 2.45) is 0 Å². The summed E-state index contributed by atoms with van der Waals surface area (Å²) in [6.07, 6.45) is 0.127. The van der Waals surface area contributed by atoms with Crippen molar-refractivity contribution in [1.29, 1.82) is 0 Å². The third-order valence-electron chi connectivity index (χ3n) is 4.87. The summed E-state index contributed by atoms with van der Waals surface area (Å²) in [5.41, 5.74) is 2.70. The van der Waals surface area contributed by atoms with Gasteiger partial charge in [-0.3, -0.25) is 14.2 Å². The zero-order chi connectivity index (χ0) is 21.3. The SMILES string of the molecule is Cc1cccc(CC(=O)Nc2cc(-n3c(C)nc4ccccc4c3=O)ccc2F)c1. The van der Waals surface area contributed by atoms with Crippen LogP contribution < -0.4 is 10.9 Å². The van der Waals surface area contributed by atoms with Crippen molar-refractivity contribution in [3.05, 3.63) is 99.9 Å². The highest BCUT2D eigenvalue weighted by Crippen LogP contribution is 2.20. The minimum absolute atomic E-state index is 0.0182. The maximum atomic E-state index is 14.4. The summed E-state index contributed by atoms with van der Waals surface area (Å²) in [5, 5.41) is 3.08. The lowest BCUT2D eigenvalue weighted by Gasteiger charge is -2.13. The predicted molar refractivity (Wildman–Crippen MR) is 116 cm³/mol. The number of nitrogens with zero attached hydrogens (tertiary/aromatic N) is 2. The van der Waals surface area contributed by atoms with E-state index in [1.165, 1.54) is 22.8 Å².